The van der Waals surface area contributed by atoms with E-state index in [1.807, 2.05) is 12.3 Å². The molecular weight excluding hydrogens is 224 g/mol. The molecule has 18 heavy (non-hydrogen) atoms. The largest absolute Gasteiger partial charge is 0.369 e. The van der Waals surface area contributed by atoms with Crippen molar-refractivity contribution in [2.75, 3.05) is 23.7 Å². The number of nitrogens with one attached hydrogen (secondary N) is 2. The minimum absolute atomic E-state index is 0.516. The fourth-order valence-electron chi connectivity index (χ4n) is 2.39. The third-order valence-corrected chi connectivity index (χ3v) is 4.00. The number of hydrogen-bond donors (Lipinski definition) is 2. The Morgan fingerprint density at radius 2 is 2.11 bits per heavy atom. The van der Waals surface area contributed by atoms with E-state index in [2.05, 4.69) is 34.4 Å². The highest BCUT2D eigenvalue weighted by molar-refractivity contribution is 5.39. The summed E-state index contributed by atoms with van der Waals surface area (Å²) in [5, 5.41) is 6.68. The highest BCUT2D eigenvalue weighted by atomic mass is 15.1. The summed E-state index contributed by atoms with van der Waals surface area (Å²) in [6, 6.07) is 1.94. The molecule has 1 heterocycles. The van der Waals surface area contributed by atoms with E-state index in [-0.39, 0.29) is 0 Å². The van der Waals surface area contributed by atoms with E-state index in [1.54, 1.807) is 0 Å². The van der Waals surface area contributed by atoms with Crippen LogP contribution in [0.4, 0.5) is 11.8 Å². The molecule has 4 heteroatoms. The second kappa shape index (κ2) is 6.03. The van der Waals surface area contributed by atoms with Gasteiger partial charge in [0, 0.05) is 19.3 Å². The maximum atomic E-state index is 4.47. The first-order chi connectivity index (χ1) is 8.78. The molecule has 0 bridgehead atoms. The summed E-state index contributed by atoms with van der Waals surface area (Å²) in [6.45, 7) is 6.38. The molecule has 2 N–H and O–H groups in total. The zero-order valence-electron chi connectivity index (χ0n) is 11.5. The molecule has 1 saturated carbocycles. The van der Waals surface area contributed by atoms with Crippen molar-refractivity contribution in [1.82, 2.24) is 9.97 Å². The minimum Gasteiger partial charge on any atom is -0.369 e. The van der Waals surface area contributed by atoms with Crippen molar-refractivity contribution in [3.05, 3.63) is 12.3 Å². The van der Waals surface area contributed by atoms with E-state index in [0.717, 1.165) is 31.3 Å². The van der Waals surface area contributed by atoms with Gasteiger partial charge < -0.3 is 10.6 Å². The maximum absolute atomic E-state index is 4.47. The van der Waals surface area contributed by atoms with Gasteiger partial charge in [0.05, 0.1) is 0 Å². The molecule has 100 valence electrons. The van der Waals surface area contributed by atoms with Crippen LogP contribution in [0.2, 0.25) is 0 Å². The quantitative estimate of drug-likeness (QED) is 0.777. The van der Waals surface area contributed by atoms with Crippen LogP contribution in [0.1, 0.15) is 46.0 Å². The Hall–Kier alpha value is -1.32. The van der Waals surface area contributed by atoms with Crippen molar-refractivity contribution in [2.24, 2.45) is 5.41 Å². The Balaban J connectivity index is 1.88. The van der Waals surface area contributed by atoms with Gasteiger partial charge in [-0.1, -0.05) is 20.3 Å². The molecule has 0 aliphatic heterocycles. The minimum atomic E-state index is 0.516. The van der Waals surface area contributed by atoms with Crippen LogP contribution in [0.5, 0.6) is 0 Å². The molecule has 1 aromatic rings. The average Bonchev–Trinajstić information content (AvgIpc) is 2.36. The van der Waals surface area contributed by atoms with Gasteiger partial charge in [-0.25, -0.2) is 4.98 Å². The lowest BCUT2D eigenvalue weighted by Gasteiger charge is -2.41. The number of anilines is 2. The fourth-order valence-corrected chi connectivity index (χ4v) is 2.39. The first kappa shape index (κ1) is 13.1. The van der Waals surface area contributed by atoms with Crippen LogP contribution in [0.25, 0.3) is 0 Å². The lowest BCUT2D eigenvalue weighted by molar-refractivity contribution is 0.145. The first-order valence-corrected chi connectivity index (χ1v) is 7.09. The van der Waals surface area contributed by atoms with Crippen LogP contribution in [0.3, 0.4) is 0 Å². The third kappa shape index (κ3) is 3.12. The number of rotatable bonds is 7. The summed E-state index contributed by atoms with van der Waals surface area (Å²) in [5.74, 6) is 1.66. The number of hydrogen-bond acceptors (Lipinski definition) is 4. The highest BCUT2D eigenvalue weighted by Gasteiger charge is 2.34. The summed E-state index contributed by atoms with van der Waals surface area (Å²) in [7, 11) is 0. The molecule has 0 unspecified atom stereocenters. The Kier molecular flexibility index (Phi) is 4.39. The molecule has 1 fully saturated rings. The summed E-state index contributed by atoms with van der Waals surface area (Å²) < 4.78 is 0. The van der Waals surface area contributed by atoms with E-state index < -0.39 is 0 Å². The molecular formula is C14H24N4. The molecule has 0 radical (unpaired) electrons. The third-order valence-electron chi connectivity index (χ3n) is 4.00. The predicted octanol–water partition coefficient (Wildman–Crippen LogP) is 3.29. The second-order valence-corrected chi connectivity index (χ2v) is 5.25. The summed E-state index contributed by atoms with van der Waals surface area (Å²) in [5.41, 5.74) is 0.516. The SMILES string of the molecule is CCCNc1nccc(NCC2(CC)CCC2)n1. The van der Waals surface area contributed by atoms with E-state index >= 15 is 0 Å². The smallest absolute Gasteiger partial charge is 0.224 e. The monoisotopic (exact) mass is 248 g/mol. The van der Waals surface area contributed by atoms with Crippen LogP contribution < -0.4 is 10.6 Å². The Morgan fingerprint density at radius 3 is 2.72 bits per heavy atom. The van der Waals surface area contributed by atoms with Crippen LogP contribution in [0, 0.1) is 5.41 Å². The summed E-state index contributed by atoms with van der Waals surface area (Å²) in [6.07, 6.45) is 8.23. The van der Waals surface area contributed by atoms with Gasteiger partial charge in [-0.15, -0.1) is 0 Å². The molecule has 0 aromatic carbocycles. The number of aromatic nitrogens is 2. The van der Waals surface area contributed by atoms with Crippen molar-refractivity contribution in [3.8, 4) is 0 Å². The second-order valence-electron chi connectivity index (χ2n) is 5.25. The van der Waals surface area contributed by atoms with E-state index in [1.165, 1.54) is 25.7 Å². The normalized spacial score (nSPS) is 17.0. The molecule has 0 spiro atoms. The average molecular weight is 248 g/mol. The summed E-state index contributed by atoms with van der Waals surface area (Å²) in [4.78, 5) is 8.69. The van der Waals surface area contributed by atoms with E-state index in [9.17, 15) is 0 Å². The Bertz CT molecular complexity index is 368. The van der Waals surface area contributed by atoms with Gasteiger partial charge in [0.2, 0.25) is 5.95 Å². The van der Waals surface area contributed by atoms with Gasteiger partial charge >= 0.3 is 0 Å². The van der Waals surface area contributed by atoms with Crippen molar-refractivity contribution >= 4 is 11.8 Å². The van der Waals surface area contributed by atoms with Crippen molar-refractivity contribution in [1.29, 1.82) is 0 Å². The maximum Gasteiger partial charge on any atom is 0.224 e. The molecule has 1 aliphatic rings. The zero-order valence-corrected chi connectivity index (χ0v) is 11.5. The van der Waals surface area contributed by atoms with Crippen LogP contribution in [0.15, 0.2) is 12.3 Å². The molecule has 0 amide bonds. The van der Waals surface area contributed by atoms with Crippen molar-refractivity contribution < 1.29 is 0 Å². The topological polar surface area (TPSA) is 49.8 Å². The Morgan fingerprint density at radius 1 is 1.28 bits per heavy atom. The fraction of sp³-hybridized carbons (Fsp3) is 0.714. The first-order valence-electron chi connectivity index (χ1n) is 7.09. The van der Waals surface area contributed by atoms with E-state index in [4.69, 9.17) is 0 Å². The van der Waals surface area contributed by atoms with Gasteiger partial charge in [-0.3, -0.25) is 0 Å². The molecule has 1 aromatic heterocycles. The van der Waals surface area contributed by atoms with Crippen LogP contribution in [-0.4, -0.2) is 23.1 Å². The predicted molar refractivity (Wildman–Crippen MR) is 75.9 cm³/mol. The number of nitrogens with zero attached hydrogens (tertiary/aromatic N) is 2. The molecule has 1 aliphatic carbocycles. The van der Waals surface area contributed by atoms with Crippen LogP contribution in [-0.2, 0) is 0 Å². The molecule has 0 atom stereocenters. The summed E-state index contributed by atoms with van der Waals surface area (Å²) >= 11 is 0. The lowest BCUT2D eigenvalue weighted by Crippen LogP contribution is -2.36. The zero-order chi connectivity index (χ0) is 12.8. The molecule has 0 saturated heterocycles. The molecule has 4 nitrogen and oxygen atoms in total. The van der Waals surface area contributed by atoms with Crippen LogP contribution >= 0.6 is 0 Å². The van der Waals surface area contributed by atoms with Gasteiger partial charge in [-0.2, -0.15) is 4.98 Å². The van der Waals surface area contributed by atoms with E-state index in [0.29, 0.717) is 5.41 Å². The van der Waals surface area contributed by atoms with Crippen molar-refractivity contribution in [2.45, 2.75) is 46.0 Å². The van der Waals surface area contributed by atoms with Crippen molar-refractivity contribution in [3.63, 3.8) is 0 Å². The highest BCUT2D eigenvalue weighted by Crippen LogP contribution is 2.43. The van der Waals surface area contributed by atoms with Gasteiger partial charge in [0.15, 0.2) is 0 Å². The van der Waals surface area contributed by atoms with Gasteiger partial charge in [-0.05, 0) is 37.2 Å². The lowest BCUT2D eigenvalue weighted by atomic mass is 9.67. The Labute approximate surface area is 110 Å². The van der Waals surface area contributed by atoms with Gasteiger partial charge in [0.25, 0.3) is 0 Å². The standard InChI is InChI=1S/C14H24N4/c1-3-9-15-13-16-10-6-12(18-13)17-11-14(4-2)7-5-8-14/h6,10H,3-5,7-9,11H2,1-2H3,(H2,15,16,17,18). The molecule has 2 rings (SSSR count). The van der Waals surface area contributed by atoms with Gasteiger partial charge in [0.1, 0.15) is 5.82 Å².